The predicted molar refractivity (Wildman–Crippen MR) is 106 cm³/mol. The van der Waals surface area contributed by atoms with Gasteiger partial charge in [0.2, 0.25) is 0 Å². The third-order valence-corrected chi connectivity index (χ3v) is 4.54. The van der Waals surface area contributed by atoms with Crippen molar-refractivity contribution in [3.05, 3.63) is 35.4 Å². The molecular weight excluding hydrogens is 328 g/mol. The van der Waals surface area contributed by atoms with Crippen molar-refractivity contribution in [1.29, 1.82) is 0 Å². The molecule has 0 spiro atoms. The Morgan fingerprint density at radius 1 is 0.615 bits per heavy atom. The van der Waals surface area contributed by atoms with E-state index in [0.29, 0.717) is 22.6 Å². The van der Waals surface area contributed by atoms with Gasteiger partial charge in [-0.2, -0.15) is 0 Å². The molecular formula is C22H30O4. The summed E-state index contributed by atoms with van der Waals surface area (Å²) in [6, 6.07) is 6.94. The Kier molecular flexibility index (Phi) is 5.18. The molecule has 0 radical (unpaired) electrons. The summed E-state index contributed by atoms with van der Waals surface area (Å²) in [5, 5.41) is 21.3. The zero-order valence-electron chi connectivity index (χ0n) is 17.0. The molecule has 0 amide bonds. The molecule has 0 aromatic heterocycles. The van der Waals surface area contributed by atoms with Crippen LogP contribution in [0.4, 0.5) is 0 Å². The molecule has 0 heterocycles. The van der Waals surface area contributed by atoms with Gasteiger partial charge in [-0.3, -0.25) is 0 Å². The summed E-state index contributed by atoms with van der Waals surface area (Å²) in [6.45, 7) is 12.3. The van der Waals surface area contributed by atoms with Crippen LogP contribution in [-0.2, 0) is 10.8 Å². The van der Waals surface area contributed by atoms with E-state index in [-0.39, 0.29) is 22.3 Å². The van der Waals surface area contributed by atoms with E-state index in [0.717, 1.165) is 11.1 Å². The van der Waals surface area contributed by atoms with Crippen LogP contribution < -0.4 is 9.47 Å². The average Bonchev–Trinajstić information content (AvgIpc) is 2.53. The van der Waals surface area contributed by atoms with Crippen molar-refractivity contribution in [3.8, 4) is 34.1 Å². The van der Waals surface area contributed by atoms with E-state index in [1.165, 1.54) is 0 Å². The molecule has 142 valence electrons. The van der Waals surface area contributed by atoms with E-state index in [9.17, 15) is 10.2 Å². The number of aromatic hydroxyl groups is 2. The summed E-state index contributed by atoms with van der Waals surface area (Å²) < 4.78 is 11.1. The maximum Gasteiger partial charge on any atom is 0.124 e. The van der Waals surface area contributed by atoms with Gasteiger partial charge in [-0.1, -0.05) is 41.5 Å². The maximum atomic E-state index is 10.6. The molecule has 2 aromatic carbocycles. The maximum absolute atomic E-state index is 10.6. The lowest BCUT2D eigenvalue weighted by atomic mass is 9.83. The first kappa shape index (κ1) is 20.0. The number of phenols is 2. The van der Waals surface area contributed by atoms with Gasteiger partial charge in [0, 0.05) is 22.3 Å². The number of rotatable bonds is 3. The molecule has 2 N–H and O–H groups in total. The quantitative estimate of drug-likeness (QED) is 0.774. The highest BCUT2D eigenvalue weighted by Gasteiger charge is 2.25. The van der Waals surface area contributed by atoms with Gasteiger partial charge in [0.25, 0.3) is 0 Å². The molecule has 0 saturated carbocycles. The van der Waals surface area contributed by atoms with Gasteiger partial charge in [-0.15, -0.1) is 0 Å². The van der Waals surface area contributed by atoms with Crippen molar-refractivity contribution in [1.82, 2.24) is 0 Å². The van der Waals surface area contributed by atoms with Gasteiger partial charge < -0.3 is 19.7 Å². The predicted octanol–water partition coefficient (Wildman–Crippen LogP) is 5.38. The standard InChI is InChI=1S/C22H30O4/c1-21(2,3)15-11-17(23)13(9-19(15)25-7)14-10-20(26-8)16(12-18(14)24)22(4,5)6/h9-12,23-24H,1-8H3. The van der Waals surface area contributed by atoms with Crippen molar-refractivity contribution < 1.29 is 19.7 Å². The van der Waals surface area contributed by atoms with Crippen LogP contribution in [0.1, 0.15) is 52.7 Å². The molecule has 0 aliphatic rings. The Morgan fingerprint density at radius 2 is 0.923 bits per heavy atom. The van der Waals surface area contributed by atoms with E-state index in [1.54, 1.807) is 38.5 Å². The Bertz CT molecular complexity index is 739. The first-order chi connectivity index (χ1) is 11.9. The second-order valence-electron chi connectivity index (χ2n) is 8.64. The first-order valence-electron chi connectivity index (χ1n) is 8.73. The van der Waals surface area contributed by atoms with Gasteiger partial charge in [0.15, 0.2) is 0 Å². The largest absolute Gasteiger partial charge is 0.507 e. The number of hydrogen-bond donors (Lipinski definition) is 2. The van der Waals surface area contributed by atoms with Gasteiger partial charge in [-0.25, -0.2) is 0 Å². The van der Waals surface area contributed by atoms with Crippen molar-refractivity contribution in [3.63, 3.8) is 0 Å². The van der Waals surface area contributed by atoms with Crippen LogP contribution in [0.25, 0.3) is 11.1 Å². The van der Waals surface area contributed by atoms with Crippen LogP contribution in [0.5, 0.6) is 23.0 Å². The lowest BCUT2D eigenvalue weighted by Gasteiger charge is -2.25. The molecule has 2 rings (SSSR count). The molecule has 0 aliphatic heterocycles. The fourth-order valence-corrected chi connectivity index (χ4v) is 3.08. The molecule has 4 heteroatoms. The van der Waals surface area contributed by atoms with Crippen LogP contribution in [0, 0.1) is 0 Å². The monoisotopic (exact) mass is 358 g/mol. The van der Waals surface area contributed by atoms with Crippen LogP contribution in [0.2, 0.25) is 0 Å². The van der Waals surface area contributed by atoms with Gasteiger partial charge >= 0.3 is 0 Å². The van der Waals surface area contributed by atoms with Crippen molar-refractivity contribution in [2.45, 2.75) is 52.4 Å². The molecule has 0 unspecified atom stereocenters. The zero-order chi connectivity index (χ0) is 19.9. The van der Waals surface area contributed by atoms with Crippen molar-refractivity contribution in [2.24, 2.45) is 0 Å². The molecule has 26 heavy (non-hydrogen) atoms. The summed E-state index contributed by atoms with van der Waals surface area (Å²) in [6.07, 6.45) is 0. The number of hydrogen-bond acceptors (Lipinski definition) is 4. The van der Waals surface area contributed by atoms with Crippen molar-refractivity contribution >= 4 is 0 Å². The van der Waals surface area contributed by atoms with Crippen LogP contribution in [0.15, 0.2) is 24.3 Å². The summed E-state index contributed by atoms with van der Waals surface area (Å²) in [4.78, 5) is 0. The van der Waals surface area contributed by atoms with Gasteiger partial charge in [-0.05, 0) is 35.1 Å². The molecule has 0 atom stereocenters. The van der Waals surface area contributed by atoms with E-state index in [4.69, 9.17) is 9.47 Å². The van der Waals surface area contributed by atoms with E-state index >= 15 is 0 Å². The third kappa shape index (κ3) is 3.74. The van der Waals surface area contributed by atoms with Gasteiger partial charge in [0.05, 0.1) is 14.2 Å². The minimum absolute atomic E-state index is 0.0941. The summed E-state index contributed by atoms with van der Waals surface area (Å²) in [5.74, 6) is 1.53. The lowest BCUT2D eigenvalue weighted by Crippen LogP contribution is -2.13. The highest BCUT2D eigenvalue weighted by molar-refractivity contribution is 5.79. The Labute approximate surface area is 156 Å². The SMILES string of the molecule is COc1cc(-c2cc(OC)c(C(C)(C)C)cc2O)c(O)cc1C(C)(C)C. The number of methoxy groups -OCH3 is 2. The van der Waals surface area contributed by atoms with E-state index in [2.05, 4.69) is 41.5 Å². The Hall–Kier alpha value is -2.36. The highest BCUT2D eigenvalue weighted by Crippen LogP contribution is 2.46. The first-order valence-corrected chi connectivity index (χ1v) is 8.73. The molecule has 2 aromatic rings. The topological polar surface area (TPSA) is 58.9 Å². The summed E-state index contributed by atoms with van der Waals surface area (Å²) in [5.41, 5.74) is 2.45. The molecule has 0 aliphatic carbocycles. The number of ether oxygens (including phenoxy) is 2. The normalized spacial score (nSPS) is 12.2. The van der Waals surface area contributed by atoms with Gasteiger partial charge in [0.1, 0.15) is 23.0 Å². The minimum Gasteiger partial charge on any atom is -0.507 e. The smallest absolute Gasteiger partial charge is 0.124 e. The fourth-order valence-electron chi connectivity index (χ4n) is 3.08. The highest BCUT2D eigenvalue weighted by atomic mass is 16.5. The summed E-state index contributed by atoms with van der Waals surface area (Å²) >= 11 is 0. The number of benzene rings is 2. The van der Waals surface area contributed by atoms with E-state index in [1.807, 2.05) is 0 Å². The molecule has 4 nitrogen and oxygen atoms in total. The third-order valence-electron chi connectivity index (χ3n) is 4.54. The molecule has 0 fully saturated rings. The minimum atomic E-state index is -0.183. The molecule has 0 saturated heterocycles. The zero-order valence-corrected chi connectivity index (χ0v) is 17.0. The average molecular weight is 358 g/mol. The van der Waals surface area contributed by atoms with Crippen molar-refractivity contribution in [2.75, 3.05) is 14.2 Å². The fraction of sp³-hybridized carbons (Fsp3) is 0.455. The second kappa shape index (κ2) is 6.75. The number of phenolic OH excluding ortho intramolecular Hbond substituents is 2. The second-order valence-corrected chi connectivity index (χ2v) is 8.64. The Balaban J connectivity index is 2.73. The lowest BCUT2D eigenvalue weighted by molar-refractivity contribution is 0.392. The van der Waals surface area contributed by atoms with Crippen LogP contribution in [0.3, 0.4) is 0 Å². The van der Waals surface area contributed by atoms with Crippen LogP contribution in [-0.4, -0.2) is 24.4 Å². The van der Waals surface area contributed by atoms with Crippen LogP contribution >= 0.6 is 0 Å². The summed E-state index contributed by atoms with van der Waals surface area (Å²) in [7, 11) is 3.21. The van der Waals surface area contributed by atoms with E-state index < -0.39 is 0 Å². The molecule has 0 bridgehead atoms. The Morgan fingerprint density at radius 3 is 1.15 bits per heavy atom.